The van der Waals surface area contributed by atoms with E-state index in [1.54, 1.807) is 15.9 Å². The van der Waals surface area contributed by atoms with Gasteiger partial charge in [0.15, 0.2) is 0 Å². The van der Waals surface area contributed by atoms with E-state index in [2.05, 4.69) is 29.4 Å². The number of rotatable bonds is 6. The maximum atomic E-state index is 13.1. The lowest BCUT2D eigenvalue weighted by atomic mass is 9.97. The standard InChI is InChI=1S/C23H25N3O2S/c1-15-25-22-21(18-7-3-5-9-20(18)29-22)23(27)26(15)11-13-28-12-10-16-14-24-19-8-4-2-6-17(16)19/h2,4,6,8,14,24H,3,5,7,9-13H2,1H3. The normalized spacial score (nSPS) is 14.0. The molecule has 150 valence electrons. The fourth-order valence-electron chi connectivity index (χ4n) is 4.38. The zero-order chi connectivity index (χ0) is 19.8. The number of para-hydroxylation sites is 1. The Bertz CT molecular complexity index is 1230. The van der Waals surface area contributed by atoms with Crippen LogP contribution in [0.4, 0.5) is 0 Å². The lowest BCUT2D eigenvalue weighted by Crippen LogP contribution is -2.26. The summed E-state index contributed by atoms with van der Waals surface area (Å²) in [6.07, 6.45) is 7.40. The molecule has 0 saturated carbocycles. The molecule has 0 saturated heterocycles. The lowest BCUT2D eigenvalue weighted by molar-refractivity contribution is 0.128. The van der Waals surface area contributed by atoms with Crippen LogP contribution < -0.4 is 5.56 Å². The fraction of sp³-hybridized carbons (Fsp3) is 0.391. The highest BCUT2D eigenvalue weighted by Crippen LogP contribution is 2.33. The monoisotopic (exact) mass is 407 g/mol. The highest BCUT2D eigenvalue weighted by Gasteiger charge is 2.21. The van der Waals surface area contributed by atoms with Gasteiger partial charge in [-0.05, 0) is 56.2 Å². The molecule has 0 unspecified atom stereocenters. The lowest BCUT2D eigenvalue weighted by Gasteiger charge is -2.12. The minimum atomic E-state index is 0.104. The summed E-state index contributed by atoms with van der Waals surface area (Å²) in [5.41, 5.74) is 3.78. The summed E-state index contributed by atoms with van der Waals surface area (Å²) in [6.45, 7) is 3.62. The number of thiophene rings is 1. The number of H-pyrrole nitrogens is 1. The minimum absolute atomic E-state index is 0.104. The highest BCUT2D eigenvalue weighted by molar-refractivity contribution is 7.18. The van der Waals surface area contributed by atoms with Crippen LogP contribution in [0.25, 0.3) is 21.1 Å². The molecule has 1 aliphatic carbocycles. The van der Waals surface area contributed by atoms with Gasteiger partial charge in [-0.25, -0.2) is 4.98 Å². The zero-order valence-corrected chi connectivity index (χ0v) is 17.5. The Labute approximate surface area is 173 Å². The molecule has 0 amide bonds. The molecule has 0 atom stereocenters. The van der Waals surface area contributed by atoms with E-state index >= 15 is 0 Å². The van der Waals surface area contributed by atoms with Gasteiger partial charge < -0.3 is 9.72 Å². The van der Waals surface area contributed by atoms with Crippen LogP contribution in [0.3, 0.4) is 0 Å². The number of aromatic nitrogens is 3. The number of nitrogens with zero attached hydrogens (tertiary/aromatic N) is 2. The molecular weight excluding hydrogens is 382 g/mol. The van der Waals surface area contributed by atoms with E-state index in [-0.39, 0.29) is 5.56 Å². The number of hydrogen-bond acceptors (Lipinski definition) is 4. The summed E-state index contributed by atoms with van der Waals surface area (Å²) in [7, 11) is 0. The molecule has 0 radical (unpaired) electrons. The number of aryl methyl sites for hydroxylation is 3. The Morgan fingerprint density at radius 1 is 1.21 bits per heavy atom. The quantitative estimate of drug-likeness (QED) is 0.482. The summed E-state index contributed by atoms with van der Waals surface area (Å²) in [4.78, 5) is 23.5. The third-order valence-electron chi connectivity index (χ3n) is 5.92. The number of aromatic amines is 1. The first kappa shape index (κ1) is 18.6. The predicted molar refractivity (Wildman–Crippen MR) is 118 cm³/mol. The molecule has 1 aliphatic rings. The Hall–Kier alpha value is -2.44. The summed E-state index contributed by atoms with van der Waals surface area (Å²) in [6, 6.07) is 8.31. The van der Waals surface area contributed by atoms with E-state index in [1.807, 2.05) is 13.0 Å². The van der Waals surface area contributed by atoms with E-state index in [9.17, 15) is 4.79 Å². The molecule has 0 fully saturated rings. The second-order valence-corrected chi connectivity index (χ2v) is 8.81. The van der Waals surface area contributed by atoms with E-state index in [0.717, 1.165) is 40.8 Å². The number of hydrogen-bond donors (Lipinski definition) is 1. The van der Waals surface area contributed by atoms with E-state index in [0.29, 0.717) is 19.8 Å². The SMILES string of the molecule is Cc1nc2sc3c(c2c(=O)n1CCOCCc1c[nH]c2ccccc12)CCCC3. The number of ether oxygens (including phenoxy) is 1. The van der Waals surface area contributed by atoms with Crippen LogP contribution in [0, 0.1) is 6.92 Å². The molecule has 5 rings (SSSR count). The van der Waals surface area contributed by atoms with E-state index < -0.39 is 0 Å². The van der Waals surface area contributed by atoms with Gasteiger partial charge in [0.05, 0.1) is 25.1 Å². The second kappa shape index (κ2) is 7.76. The smallest absolute Gasteiger partial charge is 0.262 e. The van der Waals surface area contributed by atoms with Gasteiger partial charge in [0.1, 0.15) is 10.7 Å². The summed E-state index contributed by atoms with van der Waals surface area (Å²) in [5, 5.41) is 2.11. The van der Waals surface area contributed by atoms with Gasteiger partial charge in [0.2, 0.25) is 0 Å². The van der Waals surface area contributed by atoms with Crippen molar-refractivity contribution in [3.05, 3.63) is 62.6 Å². The van der Waals surface area contributed by atoms with Crippen molar-refractivity contribution in [2.75, 3.05) is 13.2 Å². The maximum Gasteiger partial charge on any atom is 0.262 e. The van der Waals surface area contributed by atoms with Crippen molar-refractivity contribution in [3.63, 3.8) is 0 Å². The Morgan fingerprint density at radius 2 is 2.07 bits per heavy atom. The van der Waals surface area contributed by atoms with Crippen LogP contribution >= 0.6 is 11.3 Å². The van der Waals surface area contributed by atoms with Crippen LogP contribution in [-0.2, 0) is 30.5 Å². The first-order valence-electron chi connectivity index (χ1n) is 10.4. The summed E-state index contributed by atoms with van der Waals surface area (Å²) < 4.78 is 7.66. The molecule has 3 aromatic heterocycles. The first-order valence-corrected chi connectivity index (χ1v) is 11.2. The van der Waals surface area contributed by atoms with Crippen molar-refractivity contribution >= 4 is 32.5 Å². The number of fused-ring (bicyclic) bond motifs is 4. The third kappa shape index (κ3) is 3.40. The topological polar surface area (TPSA) is 59.9 Å². The minimum Gasteiger partial charge on any atom is -0.379 e. The molecule has 1 aromatic carbocycles. The fourth-order valence-corrected chi connectivity index (χ4v) is 5.68. The molecule has 0 bridgehead atoms. The molecule has 0 spiro atoms. The van der Waals surface area contributed by atoms with Gasteiger partial charge >= 0.3 is 0 Å². The van der Waals surface area contributed by atoms with Crippen LogP contribution in [-0.4, -0.2) is 27.7 Å². The van der Waals surface area contributed by atoms with Crippen molar-refractivity contribution in [1.82, 2.24) is 14.5 Å². The van der Waals surface area contributed by atoms with Crippen molar-refractivity contribution < 1.29 is 4.74 Å². The Balaban J connectivity index is 1.26. The van der Waals surface area contributed by atoms with Crippen LogP contribution in [0.2, 0.25) is 0 Å². The van der Waals surface area contributed by atoms with Crippen molar-refractivity contribution in [2.24, 2.45) is 0 Å². The molecule has 0 aliphatic heterocycles. The van der Waals surface area contributed by atoms with Gasteiger partial charge in [0, 0.05) is 22.0 Å². The van der Waals surface area contributed by atoms with Crippen molar-refractivity contribution in [3.8, 4) is 0 Å². The van der Waals surface area contributed by atoms with Gasteiger partial charge in [-0.3, -0.25) is 9.36 Å². The van der Waals surface area contributed by atoms with Gasteiger partial charge in [-0.15, -0.1) is 11.3 Å². The van der Waals surface area contributed by atoms with Crippen LogP contribution in [0.15, 0.2) is 35.3 Å². The highest BCUT2D eigenvalue weighted by atomic mass is 32.1. The van der Waals surface area contributed by atoms with Gasteiger partial charge in [-0.2, -0.15) is 0 Å². The zero-order valence-electron chi connectivity index (χ0n) is 16.7. The second-order valence-electron chi connectivity index (χ2n) is 7.73. The van der Waals surface area contributed by atoms with Crippen LogP contribution in [0.5, 0.6) is 0 Å². The molecule has 3 heterocycles. The van der Waals surface area contributed by atoms with E-state index in [1.165, 1.54) is 34.2 Å². The molecule has 29 heavy (non-hydrogen) atoms. The molecule has 6 heteroatoms. The molecule has 5 nitrogen and oxygen atoms in total. The average molecular weight is 408 g/mol. The largest absolute Gasteiger partial charge is 0.379 e. The summed E-state index contributed by atoms with van der Waals surface area (Å²) in [5.74, 6) is 0.779. The third-order valence-corrected chi connectivity index (χ3v) is 7.10. The maximum absolute atomic E-state index is 13.1. The van der Waals surface area contributed by atoms with Gasteiger partial charge in [-0.1, -0.05) is 18.2 Å². The molecular formula is C23H25N3O2S. The Morgan fingerprint density at radius 3 is 3.00 bits per heavy atom. The molecule has 4 aromatic rings. The predicted octanol–water partition coefficient (Wildman–Crippen LogP) is 4.39. The average Bonchev–Trinajstić information content (AvgIpc) is 3.31. The van der Waals surface area contributed by atoms with Crippen molar-refractivity contribution in [2.45, 2.75) is 45.6 Å². The van der Waals surface area contributed by atoms with Crippen molar-refractivity contribution in [1.29, 1.82) is 0 Å². The van der Waals surface area contributed by atoms with E-state index in [4.69, 9.17) is 9.72 Å². The summed E-state index contributed by atoms with van der Waals surface area (Å²) >= 11 is 1.71. The Kier molecular flexibility index (Phi) is 4.97. The first-order chi connectivity index (χ1) is 14.2. The van der Waals surface area contributed by atoms with Gasteiger partial charge in [0.25, 0.3) is 5.56 Å². The van der Waals surface area contributed by atoms with Crippen LogP contribution in [0.1, 0.15) is 34.7 Å². The number of nitrogens with one attached hydrogen (secondary N) is 1. The molecule has 1 N–H and O–H groups in total. The number of benzene rings is 1.